The fourth-order valence-electron chi connectivity index (χ4n) is 2.16. The molecule has 0 aromatic heterocycles. The maximum atomic E-state index is 11.8. The summed E-state index contributed by atoms with van der Waals surface area (Å²) < 4.78 is 0. The molecule has 0 saturated carbocycles. The third-order valence-electron chi connectivity index (χ3n) is 2.89. The summed E-state index contributed by atoms with van der Waals surface area (Å²) in [4.78, 5) is 11.8. The number of rotatable bonds is 7. The van der Waals surface area contributed by atoms with Crippen LogP contribution < -0.4 is 5.32 Å². The minimum absolute atomic E-state index is 0.277. The number of carbonyl (C=O) groups is 1. The lowest BCUT2D eigenvalue weighted by Crippen LogP contribution is -2.50. The van der Waals surface area contributed by atoms with Crippen LogP contribution in [0.25, 0.3) is 0 Å². The molecule has 3 heteroatoms. The first-order chi connectivity index (χ1) is 8.53. The van der Waals surface area contributed by atoms with Gasteiger partial charge in [-0.05, 0) is 17.9 Å². The van der Waals surface area contributed by atoms with Gasteiger partial charge in [0.25, 0.3) is 0 Å². The second-order valence-corrected chi connectivity index (χ2v) is 4.84. The highest BCUT2D eigenvalue weighted by Crippen LogP contribution is 2.29. The monoisotopic (exact) mass is 247 g/mol. The Bertz CT molecular complexity index is 400. The second kappa shape index (κ2) is 6.36. The van der Waals surface area contributed by atoms with Crippen LogP contribution >= 0.6 is 0 Å². The molecule has 0 aliphatic heterocycles. The zero-order chi connectivity index (χ0) is 13.6. The fourth-order valence-corrected chi connectivity index (χ4v) is 2.16. The number of nitrogens with one attached hydrogen (secondary N) is 1. The van der Waals surface area contributed by atoms with Crippen molar-refractivity contribution in [3.63, 3.8) is 0 Å². The van der Waals surface area contributed by atoms with Crippen LogP contribution in [0.2, 0.25) is 0 Å². The topological polar surface area (TPSA) is 49.3 Å². The summed E-state index contributed by atoms with van der Waals surface area (Å²) in [6.45, 7) is 8.15. The predicted molar refractivity (Wildman–Crippen MR) is 73.4 cm³/mol. The van der Waals surface area contributed by atoms with Gasteiger partial charge in [-0.1, -0.05) is 50.3 Å². The van der Waals surface area contributed by atoms with Gasteiger partial charge < -0.3 is 5.11 Å². The van der Waals surface area contributed by atoms with E-state index in [1.165, 1.54) is 0 Å². The molecule has 1 rings (SSSR count). The van der Waals surface area contributed by atoms with Crippen molar-refractivity contribution in [1.29, 1.82) is 0 Å². The van der Waals surface area contributed by atoms with Crippen molar-refractivity contribution in [3.05, 3.63) is 48.6 Å². The van der Waals surface area contributed by atoms with Crippen LogP contribution in [0.4, 0.5) is 0 Å². The largest absolute Gasteiger partial charge is 0.480 e. The Morgan fingerprint density at radius 1 is 1.44 bits per heavy atom. The third-order valence-corrected chi connectivity index (χ3v) is 2.89. The van der Waals surface area contributed by atoms with Gasteiger partial charge in [-0.25, -0.2) is 4.79 Å². The van der Waals surface area contributed by atoms with Crippen molar-refractivity contribution in [2.45, 2.75) is 25.8 Å². The number of benzene rings is 1. The Balaban J connectivity index is 3.19. The summed E-state index contributed by atoms with van der Waals surface area (Å²) in [5.74, 6) is -0.567. The molecule has 0 spiro atoms. The lowest BCUT2D eigenvalue weighted by molar-refractivity contribution is -0.146. The van der Waals surface area contributed by atoms with Crippen molar-refractivity contribution in [3.8, 4) is 0 Å². The SMILES string of the molecule is C=CCNC(CC(C)C)(C(=O)O)c1ccccc1. The molecule has 1 atom stereocenters. The van der Waals surface area contributed by atoms with Crippen molar-refractivity contribution < 1.29 is 9.90 Å². The van der Waals surface area contributed by atoms with E-state index in [4.69, 9.17) is 0 Å². The van der Waals surface area contributed by atoms with Gasteiger partial charge in [-0.15, -0.1) is 6.58 Å². The van der Waals surface area contributed by atoms with E-state index in [1.807, 2.05) is 44.2 Å². The Morgan fingerprint density at radius 3 is 2.50 bits per heavy atom. The highest BCUT2D eigenvalue weighted by molar-refractivity contribution is 5.80. The number of hydrogen-bond acceptors (Lipinski definition) is 2. The van der Waals surface area contributed by atoms with E-state index in [2.05, 4.69) is 11.9 Å². The number of aliphatic carboxylic acids is 1. The Labute approximate surface area is 109 Å². The molecule has 0 saturated heterocycles. The second-order valence-electron chi connectivity index (χ2n) is 4.84. The molecule has 0 heterocycles. The molecule has 2 N–H and O–H groups in total. The minimum Gasteiger partial charge on any atom is -0.480 e. The van der Waals surface area contributed by atoms with Crippen molar-refractivity contribution in [1.82, 2.24) is 5.32 Å². The summed E-state index contributed by atoms with van der Waals surface area (Å²) in [5.41, 5.74) is -0.253. The van der Waals surface area contributed by atoms with Gasteiger partial charge >= 0.3 is 5.97 Å². The van der Waals surface area contributed by atoms with Gasteiger partial charge in [0.15, 0.2) is 0 Å². The molecule has 1 aromatic carbocycles. The van der Waals surface area contributed by atoms with Crippen LogP contribution in [-0.4, -0.2) is 17.6 Å². The van der Waals surface area contributed by atoms with Gasteiger partial charge in [0.05, 0.1) is 0 Å². The van der Waals surface area contributed by atoms with E-state index in [9.17, 15) is 9.90 Å². The first-order valence-electron chi connectivity index (χ1n) is 6.17. The van der Waals surface area contributed by atoms with Gasteiger partial charge in [-0.2, -0.15) is 0 Å². The van der Waals surface area contributed by atoms with Crippen molar-refractivity contribution in [2.75, 3.05) is 6.54 Å². The van der Waals surface area contributed by atoms with Crippen LogP contribution in [-0.2, 0) is 10.3 Å². The molecule has 0 radical (unpaired) electrons. The van der Waals surface area contributed by atoms with E-state index >= 15 is 0 Å². The third kappa shape index (κ3) is 3.20. The van der Waals surface area contributed by atoms with E-state index in [0.717, 1.165) is 5.56 Å². The first kappa shape index (κ1) is 14.5. The minimum atomic E-state index is -1.04. The molecule has 0 fully saturated rings. The van der Waals surface area contributed by atoms with E-state index in [0.29, 0.717) is 13.0 Å². The summed E-state index contributed by atoms with van der Waals surface area (Å²) in [6.07, 6.45) is 2.22. The molecule has 3 nitrogen and oxygen atoms in total. The van der Waals surface area contributed by atoms with E-state index < -0.39 is 11.5 Å². The predicted octanol–water partition coefficient (Wildman–Crippen LogP) is 2.79. The van der Waals surface area contributed by atoms with Crippen molar-refractivity contribution >= 4 is 5.97 Å². The highest BCUT2D eigenvalue weighted by atomic mass is 16.4. The summed E-state index contributed by atoms with van der Waals surface area (Å²) in [6, 6.07) is 9.32. The average Bonchev–Trinajstić information content (AvgIpc) is 2.34. The molecular formula is C15H21NO2. The first-order valence-corrected chi connectivity index (χ1v) is 6.17. The fraction of sp³-hybridized carbons (Fsp3) is 0.400. The molecule has 0 aliphatic carbocycles. The summed E-state index contributed by atoms with van der Waals surface area (Å²) in [5, 5.41) is 12.8. The molecular weight excluding hydrogens is 226 g/mol. The number of carboxylic acid groups (broad SMARTS) is 1. The molecule has 0 aliphatic rings. The summed E-state index contributed by atoms with van der Waals surface area (Å²) >= 11 is 0. The lowest BCUT2D eigenvalue weighted by Gasteiger charge is -2.32. The zero-order valence-corrected chi connectivity index (χ0v) is 11.0. The van der Waals surface area contributed by atoms with E-state index in [1.54, 1.807) is 6.08 Å². The Hall–Kier alpha value is -1.61. The number of hydrogen-bond donors (Lipinski definition) is 2. The quantitative estimate of drug-likeness (QED) is 0.728. The van der Waals surface area contributed by atoms with Gasteiger partial charge in [0.1, 0.15) is 5.54 Å². The van der Waals surface area contributed by atoms with Crippen LogP contribution in [0.1, 0.15) is 25.8 Å². The molecule has 18 heavy (non-hydrogen) atoms. The van der Waals surface area contributed by atoms with Crippen LogP contribution in [0, 0.1) is 5.92 Å². The molecule has 1 aromatic rings. The van der Waals surface area contributed by atoms with Crippen molar-refractivity contribution in [2.24, 2.45) is 5.92 Å². The maximum Gasteiger partial charge on any atom is 0.328 e. The molecule has 98 valence electrons. The van der Waals surface area contributed by atoms with Crippen LogP contribution in [0.5, 0.6) is 0 Å². The average molecular weight is 247 g/mol. The zero-order valence-electron chi connectivity index (χ0n) is 11.0. The van der Waals surface area contributed by atoms with Crippen LogP contribution in [0.15, 0.2) is 43.0 Å². The van der Waals surface area contributed by atoms with Gasteiger partial charge in [0, 0.05) is 6.54 Å². The van der Waals surface area contributed by atoms with Crippen LogP contribution in [0.3, 0.4) is 0 Å². The highest BCUT2D eigenvalue weighted by Gasteiger charge is 2.39. The number of carboxylic acids is 1. The normalized spacial score (nSPS) is 14.2. The van der Waals surface area contributed by atoms with Gasteiger partial charge in [-0.3, -0.25) is 5.32 Å². The Kier molecular flexibility index (Phi) is 5.10. The smallest absolute Gasteiger partial charge is 0.328 e. The van der Waals surface area contributed by atoms with E-state index in [-0.39, 0.29) is 5.92 Å². The molecule has 0 amide bonds. The molecule has 0 bridgehead atoms. The van der Waals surface area contributed by atoms with Gasteiger partial charge in [0.2, 0.25) is 0 Å². The standard InChI is InChI=1S/C15H21NO2/c1-4-10-16-15(14(17)18,11-12(2)3)13-8-6-5-7-9-13/h4-9,12,16H,1,10-11H2,2-3H3,(H,17,18). The summed E-state index contributed by atoms with van der Waals surface area (Å²) in [7, 11) is 0. The lowest BCUT2D eigenvalue weighted by atomic mass is 9.82. The maximum absolute atomic E-state index is 11.8. The molecule has 1 unspecified atom stereocenters. The Morgan fingerprint density at radius 2 is 2.06 bits per heavy atom.